The Labute approximate surface area is 121 Å². The molecule has 0 fully saturated rings. The van der Waals surface area contributed by atoms with E-state index in [0.29, 0.717) is 23.7 Å². The van der Waals surface area contributed by atoms with Crippen molar-refractivity contribution in [3.05, 3.63) is 36.0 Å². The number of nitrogens with zero attached hydrogens (tertiary/aromatic N) is 2. The minimum absolute atomic E-state index is 0.0737. The number of amides is 1. The van der Waals surface area contributed by atoms with Crippen molar-refractivity contribution in [2.24, 2.45) is 0 Å². The fourth-order valence-electron chi connectivity index (χ4n) is 2.19. The molecule has 1 aromatic carbocycles. The van der Waals surface area contributed by atoms with Gasteiger partial charge < -0.3 is 19.9 Å². The normalized spacial score (nSPS) is 15.0. The zero-order chi connectivity index (χ0) is 14.7. The summed E-state index contributed by atoms with van der Waals surface area (Å²) in [5, 5.41) is 9.75. The predicted molar refractivity (Wildman–Crippen MR) is 75.0 cm³/mol. The minimum Gasteiger partial charge on any atom is -0.482 e. The maximum Gasteiger partial charge on any atom is 0.262 e. The van der Waals surface area contributed by atoms with Crippen molar-refractivity contribution < 1.29 is 14.1 Å². The largest absolute Gasteiger partial charge is 0.482 e. The number of nitrogens with one attached hydrogen (secondary N) is 2. The van der Waals surface area contributed by atoms with E-state index in [2.05, 4.69) is 27.7 Å². The Morgan fingerprint density at radius 1 is 1.48 bits per heavy atom. The lowest BCUT2D eigenvalue weighted by atomic mass is 10.1. The highest BCUT2D eigenvalue weighted by atomic mass is 16.5. The van der Waals surface area contributed by atoms with Crippen molar-refractivity contribution >= 4 is 11.6 Å². The Kier molecular flexibility index (Phi) is 3.83. The van der Waals surface area contributed by atoms with Crippen LogP contribution >= 0.6 is 0 Å². The van der Waals surface area contributed by atoms with Gasteiger partial charge in [0.05, 0.1) is 5.69 Å². The molecular weight excluding hydrogens is 272 g/mol. The molecular formula is C14H16N4O3. The van der Waals surface area contributed by atoms with Crippen LogP contribution in [0.5, 0.6) is 5.75 Å². The van der Waals surface area contributed by atoms with Crippen molar-refractivity contribution in [3.8, 4) is 5.75 Å². The monoisotopic (exact) mass is 288 g/mol. The van der Waals surface area contributed by atoms with Crippen LogP contribution in [0.4, 0.5) is 5.69 Å². The number of rotatable bonds is 5. The van der Waals surface area contributed by atoms with Crippen LogP contribution in [-0.4, -0.2) is 29.2 Å². The van der Waals surface area contributed by atoms with Crippen LogP contribution in [0.1, 0.15) is 24.4 Å². The summed E-state index contributed by atoms with van der Waals surface area (Å²) in [7, 11) is 0. The molecule has 0 saturated heterocycles. The summed E-state index contributed by atoms with van der Waals surface area (Å²) in [4.78, 5) is 15.3. The molecule has 7 heteroatoms. The van der Waals surface area contributed by atoms with Gasteiger partial charge in [0.1, 0.15) is 5.75 Å². The van der Waals surface area contributed by atoms with Crippen LogP contribution in [0.2, 0.25) is 0 Å². The molecule has 7 nitrogen and oxygen atoms in total. The average Bonchev–Trinajstić information content (AvgIpc) is 2.99. The third-order valence-electron chi connectivity index (χ3n) is 3.33. The SMILES string of the molecule is CC(NCCc1ncno1)c1ccc2c(c1)NC(=O)CO2. The number of carbonyl (C=O) groups is 1. The lowest BCUT2D eigenvalue weighted by molar-refractivity contribution is -0.118. The van der Waals surface area contributed by atoms with Crippen LogP contribution in [-0.2, 0) is 11.2 Å². The highest BCUT2D eigenvalue weighted by Crippen LogP contribution is 2.30. The Bertz CT molecular complexity index is 627. The number of hydrogen-bond acceptors (Lipinski definition) is 6. The Morgan fingerprint density at radius 2 is 2.38 bits per heavy atom. The molecule has 1 atom stereocenters. The van der Waals surface area contributed by atoms with Gasteiger partial charge in [0.2, 0.25) is 5.89 Å². The summed E-state index contributed by atoms with van der Waals surface area (Å²) in [6, 6.07) is 5.93. The third kappa shape index (κ3) is 3.19. The molecule has 0 spiro atoms. The van der Waals surface area contributed by atoms with E-state index < -0.39 is 0 Å². The Hall–Kier alpha value is -2.41. The molecule has 2 heterocycles. The van der Waals surface area contributed by atoms with Crippen LogP contribution in [0, 0.1) is 0 Å². The van der Waals surface area contributed by atoms with E-state index in [-0.39, 0.29) is 18.6 Å². The zero-order valence-corrected chi connectivity index (χ0v) is 11.6. The van der Waals surface area contributed by atoms with Gasteiger partial charge in [-0.2, -0.15) is 4.98 Å². The van der Waals surface area contributed by atoms with E-state index in [4.69, 9.17) is 9.26 Å². The van der Waals surface area contributed by atoms with Crippen molar-refractivity contribution in [2.75, 3.05) is 18.5 Å². The van der Waals surface area contributed by atoms with Gasteiger partial charge in [-0.05, 0) is 24.6 Å². The second kappa shape index (κ2) is 5.92. The molecule has 1 aromatic heterocycles. The Morgan fingerprint density at radius 3 is 3.19 bits per heavy atom. The predicted octanol–water partition coefficient (Wildman–Crippen LogP) is 1.29. The molecule has 21 heavy (non-hydrogen) atoms. The van der Waals surface area contributed by atoms with Crippen LogP contribution < -0.4 is 15.4 Å². The molecule has 0 saturated carbocycles. The molecule has 0 radical (unpaired) electrons. The first-order chi connectivity index (χ1) is 10.2. The summed E-state index contributed by atoms with van der Waals surface area (Å²) >= 11 is 0. The maximum absolute atomic E-state index is 11.3. The first-order valence-corrected chi connectivity index (χ1v) is 6.78. The van der Waals surface area contributed by atoms with E-state index in [0.717, 1.165) is 12.1 Å². The summed E-state index contributed by atoms with van der Waals surface area (Å²) < 4.78 is 10.3. The zero-order valence-electron chi connectivity index (χ0n) is 11.6. The van der Waals surface area contributed by atoms with E-state index in [9.17, 15) is 4.79 Å². The summed E-state index contributed by atoms with van der Waals surface area (Å²) in [6.45, 7) is 2.86. The van der Waals surface area contributed by atoms with Crippen LogP contribution in [0.3, 0.4) is 0 Å². The molecule has 1 amide bonds. The number of ether oxygens (including phenoxy) is 1. The first-order valence-electron chi connectivity index (χ1n) is 6.78. The first kappa shape index (κ1) is 13.6. The summed E-state index contributed by atoms with van der Waals surface area (Å²) in [5.41, 5.74) is 1.79. The van der Waals surface area contributed by atoms with Crippen molar-refractivity contribution in [2.45, 2.75) is 19.4 Å². The van der Waals surface area contributed by atoms with Crippen LogP contribution in [0.15, 0.2) is 29.0 Å². The quantitative estimate of drug-likeness (QED) is 0.862. The van der Waals surface area contributed by atoms with Crippen LogP contribution in [0.25, 0.3) is 0 Å². The number of fused-ring (bicyclic) bond motifs is 1. The number of carbonyl (C=O) groups excluding carboxylic acids is 1. The molecule has 2 aromatic rings. The van der Waals surface area contributed by atoms with E-state index >= 15 is 0 Å². The topological polar surface area (TPSA) is 89.3 Å². The highest BCUT2D eigenvalue weighted by Gasteiger charge is 2.17. The number of aromatic nitrogens is 2. The number of anilines is 1. The standard InChI is InChI=1S/C14H16N4O3/c1-9(15-5-4-14-16-8-17-21-14)10-2-3-12-11(6-10)18-13(19)7-20-12/h2-3,6,8-9,15H,4-5,7H2,1H3,(H,18,19). The molecule has 0 bridgehead atoms. The molecule has 1 aliphatic rings. The smallest absolute Gasteiger partial charge is 0.262 e. The summed E-state index contributed by atoms with van der Waals surface area (Å²) in [6.07, 6.45) is 2.07. The molecule has 3 rings (SSSR count). The lowest BCUT2D eigenvalue weighted by Gasteiger charge is -2.20. The van der Waals surface area contributed by atoms with Gasteiger partial charge in [-0.3, -0.25) is 4.79 Å². The molecule has 110 valence electrons. The number of hydrogen-bond donors (Lipinski definition) is 2. The average molecular weight is 288 g/mol. The fourth-order valence-corrected chi connectivity index (χ4v) is 2.19. The fraction of sp³-hybridized carbons (Fsp3) is 0.357. The molecule has 2 N–H and O–H groups in total. The maximum atomic E-state index is 11.3. The van der Waals surface area contributed by atoms with Gasteiger partial charge >= 0.3 is 0 Å². The molecule has 0 aliphatic carbocycles. The lowest BCUT2D eigenvalue weighted by Crippen LogP contribution is -2.26. The second-order valence-electron chi connectivity index (χ2n) is 4.85. The third-order valence-corrected chi connectivity index (χ3v) is 3.33. The van der Waals surface area contributed by atoms with Crippen molar-refractivity contribution in [1.82, 2.24) is 15.5 Å². The molecule has 1 aliphatic heterocycles. The highest BCUT2D eigenvalue weighted by molar-refractivity contribution is 5.95. The van der Waals surface area contributed by atoms with Gasteiger partial charge in [-0.25, -0.2) is 0 Å². The van der Waals surface area contributed by atoms with E-state index in [1.54, 1.807) is 0 Å². The Balaban J connectivity index is 1.60. The van der Waals surface area contributed by atoms with Gasteiger partial charge in [0.15, 0.2) is 12.9 Å². The minimum atomic E-state index is -0.128. The number of benzene rings is 1. The summed E-state index contributed by atoms with van der Waals surface area (Å²) in [5.74, 6) is 1.19. The van der Waals surface area contributed by atoms with E-state index in [1.165, 1.54) is 6.33 Å². The van der Waals surface area contributed by atoms with Gasteiger partial charge in [0.25, 0.3) is 5.91 Å². The second-order valence-corrected chi connectivity index (χ2v) is 4.85. The van der Waals surface area contributed by atoms with Crippen molar-refractivity contribution in [1.29, 1.82) is 0 Å². The van der Waals surface area contributed by atoms with Gasteiger partial charge in [-0.1, -0.05) is 11.2 Å². The molecule has 1 unspecified atom stereocenters. The van der Waals surface area contributed by atoms with Gasteiger partial charge in [-0.15, -0.1) is 0 Å². The van der Waals surface area contributed by atoms with Gasteiger partial charge in [0, 0.05) is 19.0 Å². The van der Waals surface area contributed by atoms with Crippen molar-refractivity contribution in [3.63, 3.8) is 0 Å². The van der Waals surface area contributed by atoms with E-state index in [1.807, 2.05) is 18.2 Å².